The van der Waals surface area contributed by atoms with Crippen molar-refractivity contribution in [3.05, 3.63) is 0 Å². The lowest BCUT2D eigenvalue weighted by molar-refractivity contribution is -0.0762. The van der Waals surface area contributed by atoms with Gasteiger partial charge < -0.3 is 10.1 Å². The van der Waals surface area contributed by atoms with Gasteiger partial charge >= 0.3 is 0 Å². The van der Waals surface area contributed by atoms with E-state index in [4.69, 9.17) is 4.74 Å². The van der Waals surface area contributed by atoms with Gasteiger partial charge in [0.1, 0.15) is 0 Å². The topological polar surface area (TPSA) is 21.3 Å². The van der Waals surface area contributed by atoms with E-state index < -0.39 is 0 Å². The number of hydrogen-bond donors (Lipinski definition) is 1. The molecular weight excluding hydrogens is 186 g/mol. The molecule has 2 nitrogen and oxygen atoms in total. The average Bonchev–Trinajstić information content (AvgIpc) is 1.97. The standard InChI is InChI=1S/C13H27NO/c1-9(2)10(3)15-12-7-11(8-12)14-13(4,5)6/h9-12,14H,7-8H2,1-6H3/t10?,11-,12+. The minimum absolute atomic E-state index is 0.235. The predicted octanol–water partition coefficient (Wildman–Crippen LogP) is 2.97. The molecule has 2 heteroatoms. The van der Waals surface area contributed by atoms with Crippen LogP contribution in [0.15, 0.2) is 0 Å². The molecule has 1 aliphatic rings. The van der Waals surface area contributed by atoms with Crippen molar-refractivity contribution in [2.24, 2.45) is 5.92 Å². The van der Waals surface area contributed by atoms with Gasteiger partial charge in [-0.2, -0.15) is 0 Å². The monoisotopic (exact) mass is 213 g/mol. The van der Waals surface area contributed by atoms with E-state index in [-0.39, 0.29) is 5.54 Å². The molecule has 0 aliphatic heterocycles. The van der Waals surface area contributed by atoms with Crippen LogP contribution in [0.2, 0.25) is 0 Å². The van der Waals surface area contributed by atoms with Gasteiger partial charge in [0.05, 0.1) is 12.2 Å². The van der Waals surface area contributed by atoms with Crippen LogP contribution in [-0.4, -0.2) is 23.8 Å². The quantitative estimate of drug-likeness (QED) is 0.775. The lowest BCUT2D eigenvalue weighted by Gasteiger charge is -2.41. The van der Waals surface area contributed by atoms with Crippen LogP contribution >= 0.6 is 0 Å². The molecule has 0 aromatic carbocycles. The molecule has 0 spiro atoms. The second kappa shape index (κ2) is 4.84. The maximum atomic E-state index is 5.95. The molecule has 0 heterocycles. The highest BCUT2D eigenvalue weighted by Crippen LogP contribution is 2.27. The summed E-state index contributed by atoms with van der Waals surface area (Å²) in [6, 6.07) is 0.661. The van der Waals surface area contributed by atoms with Crippen LogP contribution < -0.4 is 5.32 Å². The van der Waals surface area contributed by atoms with Crippen molar-refractivity contribution in [1.29, 1.82) is 0 Å². The minimum Gasteiger partial charge on any atom is -0.375 e. The van der Waals surface area contributed by atoms with Crippen molar-refractivity contribution < 1.29 is 4.74 Å². The number of nitrogens with one attached hydrogen (secondary N) is 1. The molecule has 0 aromatic rings. The van der Waals surface area contributed by atoms with Crippen molar-refractivity contribution in [3.8, 4) is 0 Å². The lowest BCUT2D eigenvalue weighted by atomic mass is 9.87. The zero-order valence-electron chi connectivity index (χ0n) is 11.1. The third kappa shape index (κ3) is 4.52. The fourth-order valence-electron chi connectivity index (χ4n) is 1.87. The van der Waals surface area contributed by atoms with Crippen LogP contribution in [-0.2, 0) is 4.74 Å². The van der Waals surface area contributed by atoms with Crippen molar-refractivity contribution in [2.45, 2.75) is 78.2 Å². The summed E-state index contributed by atoms with van der Waals surface area (Å²) in [6.07, 6.45) is 3.23. The van der Waals surface area contributed by atoms with Gasteiger partial charge in [-0.3, -0.25) is 0 Å². The molecule has 1 N–H and O–H groups in total. The smallest absolute Gasteiger partial charge is 0.0608 e. The SMILES string of the molecule is CC(C)C(C)O[C@H]1C[C@@H](NC(C)(C)C)C1. The molecule has 0 amide bonds. The first-order valence-corrected chi connectivity index (χ1v) is 6.21. The Hall–Kier alpha value is -0.0800. The summed E-state index contributed by atoms with van der Waals surface area (Å²) in [5.41, 5.74) is 0.235. The van der Waals surface area contributed by atoms with Crippen molar-refractivity contribution in [2.75, 3.05) is 0 Å². The second-order valence-corrected chi connectivity index (χ2v) is 6.27. The maximum Gasteiger partial charge on any atom is 0.0608 e. The molecule has 0 aromatic heterocycles. The Morgan fingerprint density at radius 2 is 1.67 bits per heavy atom. The molecule has 1 fully saturated rings. The van der Waals surface area contributed by atoms with Gasteiger partial charge in [0.25, 0.3) is 0 Å². The Kier molecular flexibility index (Phi) is 4.19. The van der Waals surface area contributed by atoms with Crippen LogP contribution in [0.4, 0.5) is 0 Å². The number of ether oxygens (including phenoxy) is 1. The number of rotatable bonds is 4. The maximum absolute atomic E-state index is 5.95. The number of hydrogen-bond acceptors (Lipinski definition) is 2. The predicted molar refractivity (Wildman–Crippen MR) is 65.1 cm³/mol. The van der Waals surface area contributed by atoms with Crippen LogP contribution in [0.3, 0.4) is 0 Å². The lowest BCUT2D eigenvalue weighted by Crippen LogP contribution is -2.53. The van der Waals surface area contributed by atoms with E-state index >= 15 is 0 Å². The summed E-state index contributed by atoms with van der Waals surface area (Å²) < 4.78 is 5.95. The molecule has 1 aliphatic carbocycles. The van der Waals surface area contributed by atoms with E-state index in [0.717, 1.165) is 0 Å². The van der Waals surface area contributed by atoms with Crippen LogP contribution in [0.25, 0.3) is 0 Å². The van der Waals surface area contributed by atoms with E-state index in [1.165, 1.54) is 12.8 Å². The largest absolute Gasteiger partial charge is 0.375 e. The zero-order valence-corrected chi connectivity index (χ0v) is 11.1. The molecule has 15 heavy (non-hydrogen) atoms. The summed E-state index contributed by atoms with van der Waals surface area (Å²) in [7, 11) is 0. The Labute approximate surface area is 94.8 Å². The van der Waals surface area contributed by atoms with Crippen LogP contribution in [0, 0.1) is 5.92 Å². The Bertz CT molecular complexity index is 189. The molecule has 90 valence electrons. The normalized spacial score (nSPS) is 29.0. The first kappa shape index (κ1) is 13.0. The third-order valence-corrected chi connectivity index (χ3v) is 3.08. The summed E-state index contributed by atoms with van der Waals surface area (Å²) in [5.74, 6) is 0.625. The molecule has 1 atom stereocenters. The van der Waals surface area contributed by atoms with Gasteiger partial charge in [0.15, 0.2) is 0 Å². The molecule has 1 unspecified atom stereocenters. The fraction of sp³-hybridized carbons (Fsp3) is 1.00. The summed E-state index contributed by atoms with van der Waals surface area (Å²) in [5, 5.41) is 3.61. The molecule has 1 rings (SSSR count). The van der Waals surface area contributed by atoms with E-state index in [1.54, 1.807) is 0 Å². The molecule has 0 radical (unpaired) electrons. The van der Waals surface area contributed by atoms with Gasteiger partial charge in [0.2, 0.25) is 0 Å². The molecule has 0 bridgehead atoms. The van der Waals surface area contributed by atoms with Crippen molar-refractivity contribution in [1.82, 2.24) is 5.32 Å². The van der Waals surface area contributed by atoms with Crippen LogP contribution in [0.5, 0.6) is 0 Å². The first-order valence-electron chi connectivity index (χ1n) is 6.21. The first-order chi connectivity index (χ1) is 6.78. The Balaban J connectivity index is 2.15. The summed E-state index contributed by atoms with van der Waals surface area (Å²) >= 11 is 0. The third-order valence-electron chi connectivity index (χ3n) is 3.08. The van der Waals surface area contributed by atoms with E-state index in [2.05, 4.69) is 46.9 Å². The van der Waals surface area contributed by atoms with Gasteiger partial charge in [-0.1, -0.05) is 13.8 Å². The van der Waals surface area contributed by atoms with Gasteiger partial charge in [-0.25, -0.2) is 0 Å². The van der Waals surface area contributed by atoms with Gasteiger partial charge in [-0.15, -0.1) is 0 Å². The van der Waals surface area contributed by atoms with Crippen molar-refractivity contribution in [3.63, 3.8) is 0 Å². The minimum atomic E-state index is 0.235. The van der Waals surface area contributed by atoms with E-state index in [9.17, 15) is 0 Å². The highest BCUT2D eigenvalue weighted by molar-refractivity contribution is 4.90. The highest BCUT2D eigenvalue weighted by Gasteiger charge is 2.33. The average molecular weight is 213 g/mol. The highest BCUT2D eigenvalue weighted by atomic mass is 16.5. The molecular formula is C13H27NO. The van der Waals surface area contributed by atoms with E-state index in [0.29, 0.717) is 24.2 Å². The fourth-order valence-corrected chi connectivity index (χ4v) is 1.87. The zero-order chi connectivity index (χ0) is 11.6. The Morgan fingerprint density at radius 1 is 1.13 bits per heavy atom. The van der Waals surface area contributed by atoms with Crippen LogP contribution in [0.1, 0.15) is 54.4 Å². The van der Waals surface area contributed by atoms with Gasteiger partial charge in [-0.05, 0) is 46.5 Å². The second-order valence-electron chi connectivity index (χ2n) is 6.27. The summed E-state index contributed by atoms with van der Waals surface area (Å²) in [4.78, 5) is 0. The molecule has 0 saturated heterocycles. The summed E-state index contributed by atoms with van der Waals surface area (Å²) in [6.45, 7) is 13.3. The van der Waals surface area contributed by atoms with Crippen molar-refractivity contribution >= 4 is 0 Å². The molecule has 1 saturated carbocycles. The van der Waals surface area contributed by atoms with Gasteiger partial charge in [0, 0.05) is 11.6 Å². The van der Waals surface area contributed by atoms with E-state index in [1.807, 2.05) is 0 Å². The Morgan fingerprint density at radius 3 is 2.07 bits per heavy atom.